The van der Waals surface area contributed by atoms with Crippen LogP contribution in [-0.2, 0) is 13.0 Å². The van der Waals surface area contributed by atoms with Crippen molar-refractivity contribution in [3.8, 4) is 0 Å². The van der Waals surface area contributed by atoms with Gasteiger partial charge in [0.2, 0.25) is 0 Å². The molecule has 0 spiro atoms. The molecule has 1 unspecified atom stereocenters. The predicted molar refractivity (Wildman–Crippen MR) is 82.9 cm³/mol. The van der Waals surface area contributed by atoms with Crippen LogP contribution in [0.3, 0.4) is 0 Å². The Bertz CT molecular complexity index is 523. The summed E-state index contributed by atoms with van der Waals surface area (Å²) in [5, 5.41) is 5.08. The Labute approximate surface area is 124 Å². The molecule has 100 valence electrons. The zero-order chi connectivity index (χ0) is 13.7. The maximum atomic E-state index is 6.13. The highest BCUT2D eigenvalue weighted by molar-refractivity contribution is 6.31. The number of halogens is 2. The van der Waals surface area contributed by atoms with Gasteiger partial charge in [-0.15, -0.1) is 0 Å². The highest BCUT2D eigenvalue weighted by Crippen LogP contribution is 2.15. The molecule has 0 aliphatic rings. The van der Waals surface area contributed by atoms with Gasteiger partial charge in [0.05, 0.1) is 0 Å². The monoisotopic (exact) mass is 293 g/mol. The summed E-state index contributed by atoms with van der Waals surface area (Å²) in [5.74, 6) is 0. The fourth-order valence-electron chi connectivity index (χ4n) is 1.97. The van der Waals surface area contributed by atoms with Crippen molar-refractivity contribution in [2.24, 2.45) is 0 Å². The van der Waals surface area contributed by atoms with Crippen molar-refractivity contribution in [2.45, 2.75) is 25.9 Å². The number of benzene rings is 2. The van der Waals surface area contributed by atoms with Crippen molar-refractivity contribution >= 4 is 23.2 Å². The summed E-state index contributed by atoms with van der Waals surface area (Å²) in [6, 6.07) is 16.3. The van der Waals surface area contributed by atoms with Crippen LogP contribution in [0.4, 0.5) is 0 Å². The zero-order valence-corrected chi connectivity index (χ0v) is 12.4. The Morgan fingerprint density at radius 2 is 1.68 bits per heavy atom. The molecule has 0 saturated carbocycles. The third-order valence-corrected chi connectivity index (χ3v) is 3.67. The van der Waals surface area contributed by atoms with Crippen LogP contribution in [0.1, 0.15) is 18.1 Å². The largest absolute Gasteiger partial charge is 0.310 e. The third kappa shape index (κ3) is 4.54. The van der Waals surface area contributed by atoms with Gasteiger partial charge in [0.15, 0.2) is 0 Å². The third-order valence-electron chi connectivity index (χ3n) is 3.05. The molecule has 19 heavy (non-hydrogen) atoms. The van der Waals surface area contributed by atoms with Gasteiger partial charge in [0, 0.05) is 22.6 Å². The Balaban J connectivity index is 1.86. The van der Waals surface area contributed by atoms with E-state index in [1.165, 1.54) is 5.56 Å². The van der Waals surface area contributed by atoms with Crippen molar-refractivity contribution < 1.29 is 0 Å². The van der Waals surface area contributed by atoms with Crippen LogP contribution in [0.2, 0.25) is 10.0 Å². The van der Waals surface area contributed by atoms with E-state index in [-0.39, 0.29) is 0 Å². The maximum Gasteiger partial charge on any atom is 0.0450 e. The van der Waals surface area contributed by atoms with E-state index in [0.717, 1.165) is 28.6 Å². The van der Waals surface area contributed by atoms with Gasteiger partial charge >= 0.3 is 0 Å². The first-order chi connectivity index (χ1) is 9.15. The standard InChI is InChI=1S/C16H17Cl2N/c1-12(10-13-6-8-15(17)9-7-13)19-11-14-4-2-3-5-16(14)18/h2-9,12,19H,10-11H2,1H3. The normalized spacial score (nSPS) is 12.4. The second-order valence-electron chi connectivity index (χ2n) is 4.70. The number of nitrogens with one attached hydrogen (secondary N) is 1. The average molecular weight is 294 g/mol. The molecular formula is C16H17Cl2N. The lowest BCUT2D eigenvalue weighted by Gasteiger charge is -2.14. The quantitative estimate of drug-likeness (QED) is 0.841. The molecule has 1 atom stereocenters. The van der Waals surface area contributed by atoms with Crippen LogP contribution >= 0.6 is 23.2 Å². The molecule has 0 saturated heterocycles. The second kappa shape index (κ2) is 6.95. The minimum absolute atomic E-state index is 0.387. The Morgan fingerprint density at radius 1 is 1.00 bits per heavy atom. The van der Waals surface area contributed by atoms with Gasteiger partial charge in [-0.25, -0.2) is 0 Å². The molecule has 0 fully saturated rings. The molecule has 2 rings (SSSR count). The predicted octanol–water partition coefficient (Wildman–Crippen LogP) is 4.71. The zero-order valence-electron chi connectivity index (χ0n) is 10.9. The molecule has 3 heteroatoms. The maximum absolute atomic E-state index is 6.13. The lowest BCUT2D eigenvalue weighted by molar-refractivity contribution is 0.545. The Morgan fingerprint density at radius 3 is 2.37 bits per heavy atom. The fraction of sp³-hybridized carbons (Fsp3) is 0.250. The van der Waals surface area contributed by atoms with Crippen LogP contribution in [0.25, 0.3) is 0 Å². The summed E-state index contributed by atoms with van der Waals surface area (Å²) in [7, 11) is 0. The van der Waals surface area contributed by atoms with Crippen LogP contribution in [0, 0.1) is 0 Å². The van der Waals surface area contributed by atoms with Gasteiger partial charge in [-0.1, -0.05) is 53.5 Å². The number of hydrogen-bond acceptors (Lipinski definition) is 1. The molecule has 0 bridgehead atoms. The molecule has 0 aromatic heterocycles. The van der Waals surface area contributed by atoms with Crippen LogP contribution in [0.15, 0.2) is 48.5 Å². The van der Waals surface area contributed by atoms with E-state index in [1.54, 1.807) is 0 Å². The lowest BCUT2D eigenvalue weighted by atomic mass is 10.1. The first-order valence-electron chi connectivity index (χ1n) is 6.36. The number of hydrogen-bond donors (Lipinski definition) is 1. The van der Waals surface area contributed by atoms with E-state index in [9.17, 15) is 0 Å². The van der Waals surface area contributed by atoms with Crippen molar-refractivity contribution in [1.82, 2.24) is 5.32 Å². The van der Waals surface area contributed by atoms with Crippen LogP contribution in [-0.4, -0.2) is 6.04 Å². The smallest absolute Gasteiger partial charge is 0.0450 e. The lowest BCUT2D eigenvalue weighted by Crippen LogP contribution is -2.27. The molecule has 0 heterocycles. The number of rotatable bonds is 5. The molecule has 0 amide bonds. The molecule has 1 nitrogen and oxygen atoms in total. The van der Waals surface area contributed by atoms with Crippen molar-refractivity contribution in [2.75, 3.05) is 0 Å². The minimum Gasteiger partial charge on any atom is -0.310 e. The van der Waals surface area contributed by atoms with Gasteiger partial charge in [-0.05, 0) is 42.7 Å². The Kier molecular flexibility index (Phi) is 5.26. The van der Waals surface area contributed by atoms with Gasteiger partial charge in [0.1, 0.15) is 0 Å². The summed E-state index contributed by atoms with van der Waals surface area (Å²) in [5.41, 5.74) is 2.41. The summed E-state index contributed by atoms with van der Waals surface area (Å²) < 4.78 is 0. The minimum atomic E-state index is 0.387. The first kappa shape index (κ1) is 14.4. The second-order valence-corrected chi connectivity index (χ2v) is 5.55. The van der Waals surface area contributed by atoms with Crippen LogP contribution < -0.4 is 5.32 Å². The highest BCUT2D eigenvalue weighted by atomic mass is 35.5. The van der Waals surface area contributed by atoms with Gasteiger partial charge in [0.25, 0.3) is 0 Å². The molecule has 0 radical (unpaired) electrons. The summed E-state index contributed by atoms with van der Waals surface area (Å²) in [4.78, 5) is 0. The SMILES string of the molecule is CC(Cc1ccc(Cl)cc1)NCc1ccccc1Cl. The van der Waals surface area contributed by atoms with Crippen molar-refractivity contribution in [3.63, 3.8) is 0 Å². The van der Waals surface area contributed by atoms with E-state index in [4.69, 9.17) is 23.2 Å². The molecule has 1 N–H and O–H groups in total. The van der Waals surface area contributed by atoms with Crippen molar-refractivity contribution in [1.29, 1.82) is 0 Å². The molecule has 0 aliphatic carbocycles. The van der Waals surface area contributed by atoms with Gasteiger partial charge < -0.3 is 5.32 Å². The Hall–Kier alpha value is -1.02. The van der Waals surface area contributed by atoms with E-state index in [2.05, 4.69) is 24.4 Å². The molecule has 0 aliphatic heterocycles. The van der Waals surface area contributed by atoms with Gasteiger partial charge in [-0.3, -0.25) is 0 Å². The summed E-state index contributed by atoms with van der Waals surface area (Å²) >= 11 is 12.0. The van der Waals surface area contributed by atoms with Crippen LogP contribution in [0.5, 0.6) is 0 Å². The topological polar surface area (TPSA) is 12.0 Å². The summed E-state index contributed by atoms with van der Waals surface area (Å²) in [6.45, 7) is 2.96. The van der Waals surface area contributed by atoms with E-state index >= 15 is 0 Å². The molecule has 2 aromatic rings. The molecular weight excluding hydrogens is 277 g/mol. The van der Waals surface area contributed by atoms with Gasteiger partial charge in [-0.2, -0.15) is 0 Å². The highest BCUT2D eigenvalue weighted by Gasteiger charge is 2.05. The molecule has 2 aromatic carbocycles. The van der Waals surface area contributed by atoms with E-state index < -0.39 is 0 Å². The average Bonchev–Trinajstić information content (AvgIpc) is 2.40. The van der Waals surface area contributed by atoms with E-state index in [1.807, 2.05) is 36.4 Å². The van der Waals surface area contributed by atoms with E-state index in [0.29, 0.717) is 6.04 Å². The summed E-state index contributed by atoms with van der Waals surface area (Å²) in [6.07, 6.45) is 0.974. The fourth-order valence-corrected chi connectivity index (χ4v) is 2.30. The first-order valence-corrected chi connectivity index (χ1v) is 7.12. The van der Waals surface area contributed by atoms with Crippen molar-refractivity contribution in [3.05, 3.63) is 69.7 Å².